The Morgan fingerprint density at radius 3 is 2.85 bits per heavy atom. The first kappa shape index (κ1) is 9.00. The first-order chi connectivity index (χ1) is 6.16. The molecule has 3 nitrogen and oxygen atoms in total. The van der Waals surface area contributed by atoms with E-state index >= 15 is 0 Å². The summed E-state index contributed by atoms with van der Waals surface area (Å²) in [6, 6.07) is 0.451. The molecule has 1 aliphatic carbocycles. The van der Waals surface area contributed by atoms with Gasteiger partial charge in [-0.15, -0.1) is 0 Å². The highest BCUT2D eigenvalue weighted by atomic mass is 16.1. The second-order valence-electron chi connectivity index (χ2n) is 4.53. The molecule has 0 aromatic carbocycles. The van der Waals surface area contributed by atoms with Gasteiger partial charge in [-0.2, -0.15) is 0 Å². The van der Waals surface area contributed by atoms with Gasteiger partial charge in [0, 0.05) is 26.1 Å². The molecule has 1 saturated carbocycles. The Morgan fingerprint density at radius 1 is 1.38 bits per heavy atom. The van der Waals surface area contributed by atoms with Crippen molar-refractivity contribution in [2.24, 2.45) is 11.8 Å². The monoisotopic (exact) mass is 182 g/mol. The maximum atomic E-state index is 10.9. The van der Waals surface area contributed by atoms with Gasteiger partial charge in [-0.25, -0.2) is 0 Å². The van der Waals surface area contributed by atoms with Crippen LogP contribution in [-0.4, -0.2) is 37.0 Å². The van der Waals surface area contributed by atoms with Gasteiger partial charge in [-0.05, 0) is 31.7 Å². The van der Waals surface area contributed by atoms with E-state index < -0.39 is 0 Å². The van der Waals surface area contributed by atoms with Crippen LogP contribution >= 0.6 is 0 Å². The third-order valence-corrected chi connectivity index (χ3v) is 3.43. The predicted molar refractivity (Wildman–Crippen MR) is 51.3 cm³/mol. The van der Waals surface area contributed by atoms with Crippen molar-refractivity contribution in [3.05, 3.63) is 0 Å². The van der Waals surface area contributed by atoms with Crippen molar-refractivity contribution in [1.29, 1.82) is 0 Å². The molecule has 0 aromatic rings. The van der Waals surface area contributed by atoms with Gasteiger partial charge in [-0.1, -0.05) is 0 Å². The summed E-state index contributed by atoms with van der Waals surface area (Å²) in [4.78, 5) is 13.3. The van der Waals surface area contributed by atoms with E-state index in [2.05, 4.69) is 17.3 Å². The lowest BCUT2D eigenvalue weighted by atomic mass is 9.98. The molecule has 2 rings (SSSR count). The average Bonchev–Trinajstić information content (AvgIpc) is 2.51. The van der Waals surface area contributed by atoms with Crippen molar-refractivity contribution in [3.63, 3.8) is 0 Å². The Labute approximate surface area is 79.5 Å². The minimum atomic E-state index is 0.125. The van der Waals surface area contributed by atoms with Crippen molar-refractivity contribution in [2.45, 2.75) is 25.8 Å². The molecule has 1 N–H and O–H groups in total. The Balaban J connectivity index is 1.96. The smallest absolute Gasteiger partial charge is 0.217 e. The fourth-order valence-corrected chi connectivity index (χ4v) is 2.93. The summed E-state index contributed by atoms with van der Waals surface area (Å²) in [5.41, 5.74) is 0. The highest BCUT2D eigenvalue weighted by molar-refractivity contribution is 5.73. The topological polar surface area (TPSA) is 32.3 Å². The number of likely N-dealkylation sites (tertiary alicyclic amines) is 1. The molecule has 1 amide bonds. The number of amides is 1. The summed E-state index contributed by atoms with van der Waals surface area (Å²) >= 11 is 0. The van der Waals surface area contributed by atoms with E-state index in [9.17, 15) is 4.79 Å². The number of nitrogens with one attached hydrogen (secondary N) is 1. The normalized spacial score (nSPS) is 39.1. The van der Waals surface area contributed by atoms with E-state index in [0.717, 1.165) is 12.5 Å². The van der Waals surface area contributed by atoms with Crippen LogP contribution in [0.4, 0.5) is 0 Å². The second kappa shape index (κ2) is 3.29. The lowest BCUT2D eigenvalue weighted by Gasteiger charge is -2.19. The van der Waals surface area contributed by atoms with Crippen molar-refractivity contribution >= 4 is 5.91 Å². The Kier molecular flexibility index (Phi) is 2.28. The lowest BCUT2D eigenvalue weighted by Crippen LogP contribution is -2.38. The second-order valence-corrected chi connectivity index (χ2v) is 4.53. The zero-order chi connectivity index (χ0) is 9.42. The number of fused-ring (bicyclic) bond motifs is 1. The minimum absolute atomic E-state index is 0.125. The van der Waals surface area contributed by atoms with Crippen molar-refractivity contribution in [1.82, 2.24) is 10.2 Å². The van der Waals surface area contributed by atoms with Crippen LogP contribution in [0.5, 0.6) is 0 Å². The molecule has 3 atom stereocenters. The molecule has 1 unspecified atom stereocenters. The maximum absolute atomic E-state index is 10.9. The van der Waals surface area contributed by atoms with Crippen LogP contribution in [0.25, 0.3) is 0 Å². The maximum Gasteiger partial charge on any atom is 0.217 e. The standard InChI is InChI=1S/C10H18N2O/c1-7(13)11-10-4-3-8-5-12(2)6-9(8)10/h8-10H,3-6H2,1-2H3,(H,11,13)/t8-,9+,10?/m0/s1. The van der Waals surface area contributed by atoms with E-state index in [-0.39, 0.29) is 5.91 Å². The van der Waals surface area contributed by atoms with Crippen LogP contribution in [0, 0.1) is 11.8 Å². The van der Waals surface area contributed by atoms with Crippen LogP contribution in [0.15, 0.2) is 0 Å². The molecule has 74 valence electrons. The van der Waals surface area contributed by atoms with Gasteiger partial charge in [-0.3, -0.25) is 4.79 Å². The third-order valence-electron chi connectivity index (χ3n) is 3.43. The van der Waals surface area contributed by atoms with Gasteiger partial charge >= 0.3 is 0 Å². The summed E-state index contributed by atoms with van der Waals surface area (Å²) in [5, 5.41) is 3.07. The number of rotatable bonds is 1. The summed E-state index contributed by atoms with van der Waals surface area (Å²) in [7, 11) is 2.17. The number of carbonyl (C=O) groups excluding carboxylic acids is 1. The van der Waals surface area contributed by atoms with E-state index in [1.807, 2.05) is 0 Å². The van der Waals surface area contributed by atoms with Crippen LogP contribution in [0.2, 0.25) is 0 Å². The quantitative estimate of drug-likeness (QED) is 0.639. The molecule has 2 aliphatic rings. The van der Waals surface area contributed by atoms with Crippen LogP contribution < -0.4 is 5.32 Å². The molecule has 1 aliphatic heterocycles. The zero-order valence-corrected chi connectivity index (χ0v) is 8.42. The summed E-state index contributed by atoms with van der Waals surface area (Å²) in [5.74, 6) is 1.68. The number of hydrogen-bond donors (Lipinski definition) is 1. The highest BCUT2D eigenvalue weighted by Gasteiger charge is 2.41. The van der Waals surface area contributed by atoms with Crippen molar-refractivity contribution in [2.75, 3.05) is 20.1 Å². The first-order valence-corrected chi connectivity index (χ1v) is 5.12. The van der Waals surface area contributed by atoms with Gasteiger partial charge in [0.15, 0.2) is 0 Å². The van der Waals surface area contributed by atoms with Gasteiger partial charge in [0.1, 0.15) is 0 Å². The number of carbonyl (C=O) groups is 1. The van der Waals surface area contributed by atoms with E-state index in [4.69, 9.17) is 0 Å². The zero-order valence-electron chi connectivity index (χ0n) is 8.42. The molecule has 0 spiro atoms. The Hall–Kier alpha value is -0.570. The third kappa shape index (κ3) is 1.70. The van der Waals surface area contributed by atoms with Gasteiger partial charge in [0.2, 0.25) is 5.91 Å². The predicted octanol–water partition coefficient (Wildman–Crippen LogP) is 0.463. The molecule has 13 heavy (non-hydrogen) atoms. The fourth-order valence-electron chi connectivity index (χ4n) is 2.93. The molecular weight excluding hydrogens is 164 g/mol. The molecule has 2 fully saturated rings. The molecule has 1 saturated heterocycles. The van der Waals surface area contributed by atoms with E-state index in [1.165, 1.54) is 19.4 Å². The summed E-state index contributed by atoms with van der Waals surface area (Å²) < 4.78 is 0. The molecule has 0 aromatic heterocycles. The average molecular weight is 182 g/mol. The molecular formula is C10H18N2O. The van der Waals surface area contributed by atoms with Crippen LogP contribution in [-0.2, 0) is 4.79 Å². The first-order valence-electron chi connectivity index (χ1n) is 5.12. The SMILES string of the molecule is CC(=O)NC1CC[C@H]2CN(C)C[C@@H]12. The highest BCUT2D eigenvalue weighted by Crippen LogP contribution is 2.37. The van der Waals surface area contributed by atoms with Gasteiger partial charge in [0.05, 0.1) is 0 Å². The van der Waals surface area contributed by atoms with Crippen molar-refractivity contribution < 1.29 is 4.79 Å². The minimum Gasteiger partial charge on any atom is -0.353 e. The lowest BCUT2D eigenvalue weighted by molar-refractivity contribution is -0.119. The molecule has 0 radical (unpaired) electrons. The molecule has 1 heterocycles. The van der Waals surface area contributed by atoms with E-state index in [0.29, 0.717) is 12.0 Å². The summed E-state index contributed by atoms with van der Waals surface area (Å²) in [6.07, 6.45) is 2.47. The largest absolute Gasteiger partial charge is 0.353 e. The van der Waals surface area contributed by atoms with Crippen LogP contribution in [0.3, 0.4) is 0 Å². The van der Waals surface area contributed by atoms with E-state index in [1.54, 1.807) is 6.92 Å². The Morgan fingerprint density at radius 2 is 2.15 bits per heavy atom. The molecule has 3 heteroatoms. The van der Waals surface area contributed by atoms with Crippen molar-refractivity contribution in [3.8, 4) is 0 Å². The van der Waals surface area contributed by atoms with Gasteiger partial charge < -0.3 is 10.2 Å². The van der Waals surface area contributed by atoms with Gasteiger partial charge in [0.25, 0.3) is 0 Å². The summed E-state index contributed by atoms with van der Waals surface area (Å²) in [6.45, 7) is 4.00. The number of nitrogens with zero attached hydrogens (tertiary/aromatic N) is 1. The fraction of sp³-hybridized carbons (Fsp3) is 0.900. The molecule has 0 bridgehead atoms. The Bertz CT molecular complexity index is 217. The van der Waals surface area contributed by atoms with Crippen LogP contribution in [0.1, 0.15) is 19.8 Å². The number of hydrogen-bond acceptors (Lipinski definition) is 2.